The molecule has 0 saturated carbocycles. The van der Waals surface area contributed by atoms with Crippen LogP contribution < -0.4 is 5.73 Å². The van der Waals surface area contributed by atoms with Crippen LogP contribution in [0.1, 0.15) is 27.7 Å². The summed E-state index contributed by atoms with van der Waals surface area (Å²) in [5.74, 6) is -0.177. The molecule has 0 atom stereocenters. The number of carbonyl (C=O) groups excluding carboxylic acids is 1. The van der Waals surface area contributed by atoms with Crippen molar-refractivity contribution in [3.05, 3.63) is 0 Å². The van der Waals surface area contributed by atoms with Crippen LogP contribution in [0.3, 0.4) is 0 Å². The second-order valence-electron chi connectivity index (χ2n) is 6.15. The van der Waals surface area contributed by atoms with Crippen LogP contribution in [0.15, 0.2) is 0 Å². The number of piperazine rings is 1. The average Bonchev–Trinajstić information content (AvgIpc) is 2.36. The lowest BCUT2D eigenvalue weighted by Gasteiger charge is -2.36. The van der Waals surface area contributed by atoms with Gasteiger partial charge in [-0.25, -0.2) is 8.42 Å². The maximum absolute atomic E-state index is 12.2. The number of amides is 1. The van der Waals surface area contributed by atoms with Crippen LogP contribution in [-0.4, -0.2) is 73.7 Å². The van der Waals surface area contributed by atoms with Crippen molar-refractivity contribution in [3.63, 3.8) is 0 Å². The van der Waals surface area contributed by atoms with Gasteiger partial charge in [0.2, 0.25) is 15.9 Å². The van der Waals surface area contributed by atoms with Gasteiger partial charge in [0, 0.05) is 26.2 Å². The van der Waals surface area contributed by atoms with Gasteiger partial charge in [-0.3, -0.25) is 4.79 Å². The molecule has 0 aliphatic carbocycles. The van der Waals surface area contributed by atoms with Crippen molar-refractivity contribution in [3.8, 4) is 0 Å². The Balaban J connectivity index is 2.50. The Hall–Kier alpha value is -0.700. The molecule has 0 aromatic carbocycles. The minimum atomic E-state index is -3.32. The van der Waals surface area contributed by atoms with Gasteiger partial charge in [-0.15, -0.1) is 0 Å². The molecular formula is C13H27N3O4S. The third-order valence-corrected chi connectivity index (χ3v) is 5.10. The number of rotatable bonds is 6. The first-order valence-electron chi connectivity index (χ1n) is 7.21. The Kier molecular flexibility index (Phi) is 6.15. The minimum Gasteiger partial charge on any atom is -0.378 e. The molecule has 1 aliphatic rings. The summed E-state index contributed by atoms with van der Waals surface area (Å²) >= 11 is 0. The highest BCUT2D eigenvalue weighted by Crippen LogP contribution is 2.12. The number of carbonyl (C=O) groups is 1. The predicted molar refractivity (Wildman–Crippen MR) is 81.3 cm³/mol. The maximum Gasteiger partial charge on any atom is 0.242 e. The lowest BCUT2D eigenvalue weighted by molar-refractivity contribution is -0.137. The van der Waals surface area contributed by atoms with Gasteiger partial charge in [0.05, 0.1) is 24.0 Å². The fourth-order valence-electron chi connectivity index (χ4n) is 2.10. The fraction of sp³-hybridized carbons (Fsp3) is 0.923. The van der Waals surface area contributed by atoms with Crippen LogP contribution in [0.5, 0.6) is 0 Å². The summed E-state index contributed by atoms with van der Waals surface area (Å²) in [4.78, 5) is 13.7. The van der Waals surface area contributed by atoms with Gasteiger partial charge in [-0.2, -0.15) is 4.31 Å². The summed E-state index contributed by atoms with van der Waals surface area (Å²) in [6, 6.07) is 0. The number of ether oxygens (including phenoxy) is 1. The van der Waals surface area contributed by atoms with Crippen LogP contribution in [0.25, 0.3) is 0 Å². The van der Waals surface area contributed by atoms with Gasteiger partial charge < -0.3 is 15.4 Å². The number of nitrogens with two attached hydrogens (primary N) is 1. The van der Waals surface area contributed by atoms with Crippen LogP contribution in [0.4, 0.5) is 0 Å². The molecule has 0 spiro atoms. The number of hydrogen-bond acceptors (Lipinski definition) is 5. The lowest BCUT2D eigenvalue weighted by atomic mass is 10.1. The van der Waals surface area contributed by atoms with Crippen molar-refractivity contribution >= 4 is 15.9 Å². The van der Waals surface area contributed by atoms with Gasteiger partial charge in [0.25, 0.3) is 0 Å². The average molecular weight is 321 g/mol. The first-order valence-corrected chi connectivity index (χ1v) is 8.82. The van der Waals surface area contributed by atoms with Crippen molar-refractivity contribution in [2.75, 3.05) is 38.5 Å². The van der Waals surface area contributed by atoms with E-state index < -0.39 is 15.6 Å². The molecule has 1 amide bonds. The van der Waals surface area contributed by atoms with E-state index in [2.05, 4.69) is 0 Å². The van der Waals surface area contributed by atoms with Crippen molar-refractivity contribution in [2.24, 2.45) is 5.73 Å². The van der Waals surface area contributed by atoms with E-state index >= 15 is 0 Å². The first-order chi connectivity index (χ1) is 9.54. The van der Waals surface area contributed by atoms with Crippen molar-refractivity contribution in [1.29, 1.82) is 0 Å². The van der Waals surface area contributed by atoms with E-state index in [9.17, 15) is 13.2 Å². The summed E-state index contributed by atoms with van der Waals surface area (Å²) in [5, 5.41) is 0. The van der Waals surface area contributed by atoms with Crippen LogP contribution in [0.2, 0.25) is 0 Å². The third-order valence-electron chi connectivity index (χ3n) is 3.26. The Morgan fingerprint density at radius 2 is 1.76 bits per heavy atom. The molecule has 0 bridgehead atoms. The summed E-state index contributed by atoms with van der Waals surface area (Å²) in [7, 11) is -3.32. The highest BCUT2D eigenvalue weighted by Gasteiger charge is 2.33. The number of sulfonamides is 1. The van der Waals surface area contributed by atoms with Crippen LogP contribution in [-0.2, 0) is 19.6 Å². The van der Waals surface area contributed by atoms with Gasteiger partial charge in [0.1, 0.15) is 0 Å². The summed E-state index contributed by atoms with van der Waals surface area (Å²) < 4.78 is 31.0. The van der Waals surface area contributed by atoms with Crippen LogP contribution in [0, 0.1) is 0 Å². The largest absolute Gasteiger partial charge is 0.378 e. The highest BCUT2D eigenvalue weighted by molar-refractivity contribution is 7.89. The Morgan fingerprint density at radius 1 is 1.24 bits per heavy atom. The third kappa shape index (κ3) is 5.54. The van der Waals surface area contributed by atoms with Crippen LogP contribution >= 0.6 is 0 Å². The molecule has 124 valence electrons. The van der Waals surface area contributed by atoms with Crippen molar-refractivity contribution in [1.82, 2.24) is 9.21 Å². The second-order valence-corrected chi connectivity index (χ2v) is 8.24. The van der Waals surface area contributed by atoms with E-state index in [0.717, 1.165) is 0 Å². The molecule has 0 aromatic rings. The van der Waals surface area contributed by atoms with Gasteiger partial charge in [-0.05, 0) is 27.7 Å². The molecule has 1 fully saturated rings. The minimum absolute atomic E-state index is 0.0152. The van der Waals surface area contributed by atoms with Gasteiger partial charge in [-0.1, -0.05) is 0 Å². The molecule has 2 N–H and O–H groups in total. The molecule has 21 heavy (non-hydrogen) atoms. The lowest BCUT2D eigenvalue weighted by Crippen LogP contribution is -2.57. The zero-order valence-electron chi connectivity index (χ0n) is 13.3. The Labute approximate surface area is 127 Å². The zero-order valence-corrected chi connectivity index (χ0v) is 14.1. The maximum atomic E-state index is 12.2. The highest BCUT2D eigenvalue weighted by atomic mass is 32.2. The van der Waals surface area contributed by atoms with Crippen molar-refractivity contribution in [2.45, 2.75) is 39.3 Å². The molecule has 0 unspecified atom stereocenters. The van der Waals surface area contributed by atoms with E-state index in [1.165, 1.54) is 4.31 Å². The molecule has 7 nitrogen and oxygen atoms in total. The quantitative estimate of drug-likeness (QED) is 0.720. The molecule has 0 radical (unpaired) electrons. The summed E-state index contributed by atoms with van der Waals surface area (Å²) in [5.41, 5.74) is 4.86. The van der Waals surface area contributed by atoms with Gasteiger partial charge in [0.15, 0.2) is 0 Å². The summed E-state index contributed by atoms with van der Waals surface area (Å²) in [6.07, 6.45) is 0.0152. The smallest absolute Gasteiger partial charge is 0.242 e. The molecule has 1 aliphatic heterocycles. The molecule has 0 aromatic heterocycles. The second kappa shape index (κ2) is 7.04. The molecule has 1 heterocycles. The molecular weight excluding hydrogens is 294 g/mol. The van der Waals surface area contributed by atoms with E-state index in [0.29, 0.717) is 26.2 Å². The fourth-order valence-corrected chi connectivity index (χ4v) is 3.38. The van der Waals surface area contributed by atoms with E-state index in [-0.39, 0.29) is 24.4 Å². The van der Waals surface area contributed by atoms with Gasteiger partial charge >= 0.3 is 0 Å². The topological polar surface area (TPSA) is 92.9 Å². The summed E-state index contributed by atoms with van der Waals surface area (Å²) in [6.45, 7) is 8.61. The SMILES string of the molecule is CC(C)OCCS(=O)(=O)N1CCN(C(=O)C(C)(C)N)CC1. The standard InChI is InChI=1S/C13H27N3O4S/c1-11(2)20-9-10-21(18,19)16-7-5-15(6-8-16)12(17)13(3,4)14/h11H,5-10,14H2,1-4H3. The predicted octanol–water partition coefficient (Wildman–Crippen LogP) is -0.377. The number of hydrogen-bond donors (Lipinski definition) is 1. The first kappa shape index (κ1) is 18.3. The normalized spacial score (nSPS) is 18.3. The molecule has 1 rings (SSSR count). The molecule has 1 saturated heterocycles. The van der Waals surface area contributed by atoms with E-state index in [1.807, 2.05) is 13.8 Å². The zero-order chi connectivity index (χ0) is 16.3. The number of nitrogens with zero attached hydrogens (tertiary/aromatic N) is 2. The Morgan fingerprint density at radius 3 is 2.19 bits per heavy atom. The van der Waals surface area contributed by atoms with Crippen molar-refractivity contribution < 1.29 is 17.9 Å². The molecule has 8 heteroatoms. The van der Waals surface area contributed by atoms with E-state index in [4.69, 9.17) is 10.5 Å². The monoisotopic (exact) mass is 321 g/mol. The van der Waals surface area contributed by atoms with E-state index in [1.54, 1.807) is 18.7 Å². The Bertz CT molecular complexity index is 449.